The van der Waals surface area contributed by atoms with Gasteiger partial charge in [-0.05, 0) is 6.42 Å². The molecule has 0 spiro atoms. The van der Waals surface area contributed by atoms with Crippen molar-refractivity contribution in [2.45, 2.75) is 90.1 Å². The van der Waals surface area contributed by atoms with Crippen molar-refractivity contribution in [3.63, 3.8) is 0 Å². The molecule has 0 aliphatic heterocycles. The second-order valence-corrected chi connectivity index (χ2v) is 7.99. The van der Waals surface area contributed by atoms with Gasteiger partial charge >= 0.3 is 29.6 Å². The number of nitrogens with one attached hydrogen (secondary N) is 1. The van der Waals surface area contributed by atoms with Crippen molar-refractivity contribution >= 4 is 45.6 Å². The van der Waals surface area contributed by atoms with Gasteiger partial charge in [0.25, 0.3) is 10.1 Å². The number of carbonyl (C=O) groups is 1. The zero-order valence-corrected chi connectivity index (χ0v) is 15.8. The molecule has 1 amide bonds. The van der Waals surface area contributed by atoms with Crippen LogP contribution in [0.3, 0.4) is 0 Å². The average Bonchev–Trinajstić information content (AvgIpc) is 2.49. The quantitative estimate of drug-likeness (QED) is 0.214. The summed E-state index contributed by atoms with van der Waals surface area (Å²) in [5.41, 5.74) is 0. The van der Waals surface area contributed by atoms with Crippen LogP contribution in [-0.4, -0.2) is 71.9 Å². The predicted molar refractivity (Wildman–Crippen MR) is 104 cm³/mol. The summed E-state index contributed by atoms with van der Waals surface area (Å²) in [4.78, 5) is 11.5. The Kier molecular flexibility index (Phi) is 19.6. The first-order valence-electron chi connectivity index (χ1n) is 9.25. The Hall–Kier alpha value is 0.340. The van der Waals surface area contributed by atoms with Crippen LogP contribution >= 0.6 is 0 Å². The summed E-state index contributed by atoms with van der Waals surface area (Å²) >= 11 is 0. The molecule has 0 rings (SSSR count). The number of aliphatic hydroxyl groups is 1. The van der Waals surface area contributed by atoms with Gasteiger partial charge in [0.15, 0.2) is 0 Å². The van der Waals surface area contributed by atoms with Gasteiger partial charge in [0, 0.05) is 13.0 Å². The minimum atomic E-state index is -4.21. The first-order valence-corrected chi connectivity index (χ1v) is 10.9. The number of hydrogen-bond acceptors (Lipinski definition) is 4. The van der Waals surface area contributed by atoms with E-state index in [4.69, 9.17) is 4.55 Å². The predicted octanol–water partition coefficient (Wildman–Crippen LogP) is 2.40. The second-order valence-electron chi connectivity index (χ2n) is 6.49. The van der Waals surface area contributed by atoms with E-state index in [-0.39, 0.29) is 42.0 Å². The molecule has 6 nitrogen and oxygen atoms in total. The van der Waals surface area contributed by atoms with Crippen LogP contribution in [0.1, 0.15) is 84.0 Å². The number of aliphatic hydroxyl groups excluding tert-OH is 1. The van der Waals surface area contributed by atoms with Gasteiger partial charge in [0.1, 0.15) is 5.75 Å². The van der Waals surface area contributed by atoms with E-state index in [1.807, 2.05) is 0 Å². The van der Waals surface area contributed by atoms with Crippen LogP contribution in [-0.2, 0) is 14.9 Å². The maximum atomic E-state index is 11.5. The fourth-order valence-electron chi connectivity index (χ4n) is 2.57. The zero-order chi connectivity index (χ0) is 18.3. The molecule has 0 aromatic carbocycles. The SMILES string of the molecule is CCCCCCCCCCCCCC(=O)NCC(O)CS(=O)(=O)O.[NaH]. The zero-order valence-electron chi connectivity index (χ0n) is 15.0. The molecule has 1 atom stereocenters. The molecule has 0 aromatic heterocycles. The van der Waals surface area contributed by atoms with Crippen LogP contribution in [0, 0.1) is 0 Å². The number of amides is 1. The molecule has 0 bridgehead atoms. The molecule has 25 heavy (non-hydrogen) atoms. The monoisotopic (exact) mass is 389 g/mol. The maximum absolute atomic E-state index is 11.5. The van der Waals surface area contributed by atoms with Crippen LogP contribution in [0.15, 0.2) is 0 Å². The molecular formula is C17H36NNaO5S. The first kappa shape index (κ1) is 27.6. The van der Waals surface area contributed by atoms with Gasteiger partial charge in [-0.15, -0.1) is 0 Å². The van der Waals surface area contributed by atoms with Gasteiger partial charge in [-0.3, -0.25) is 9.35 Å². The van der Waals surface area contributed by atoms with Crippen LogP contribution in [0.5, 0.6) is 0 Å². The Bertz CT molecular complexity index is 417. The first-order chi connectivity index (χ1) is 11.3. The van der Waals surface area contributed by atoms with Crippen LogP contribution in [0.25, 0.3) is 0 Å². The molecule has 0 aliphatic rings. The third kappa shape index (κ3) is 22.3. The standard InChI is InChI=1S/C17H35NO5S.Na.H/c1-2-3-4-5-6-7-8-9-10-11-12-13-17(20)18-14-16(19)15-24(21,22)23;;/h16,19H,2-15H2,1H3,(H,18,20)(H,21,22,23);;. The summed E-state index contributed by atoms with van der Waals surface area (Å²) in [6.07, 6.45) is 12.5. The Morgan fingerprint density at radius 3 is 1.80 bits per heavy atom. The third-order valence-electron chi connectivity index (χ3n) is 3.95. The Balaban J connectivity index is 0. The van der Waals surface area contributed by atoms with E-state index in [0.717, 1.165) is 19.3 Å². The average molecular weight is 390 g/mol. The van der Waals surface area contributed by atoms with E-state index in [9.17, 15) is 18.3 Å². The van der Waals surface area contributed by atoms with E-state index in [0.29, 0.717) is 6.42 Å². The van der Waals surface area contributed by atoms with E-state index in [1.54, 1.807) is 0 Å². The molecule has 3 N–H and O–H groups in total. The second kappa shape index (κ2) is 17.7. The van der Waals surface area contributed by atoms with E-state index in [2.05, 4.69) is 12.2 Å². The summed E-state index contributed by atoms with van der Waals surface area (Å²) in [7, 11) is -4.21. The Morgan fingerprint density at radius 2 is 1.36 bits per heavy atom. The van der Waals surface area contributed by atoms with Crippen molar-refractivity contribution in [2.75, 3.05) is 12.3 Å². The summed E-state index contributed by atoms with van der Waals surface area (Å²) in [5.74, 6) is -0.952. The van der Waals surface area contributed by atoms with E-state index >= 15 is 0 Å². The molecule has 0 radical (unpaired) electrons. The molecule has 0 heterocycles. The normalized spacial score (nSPS) is 12.4. The van der Waals surface area contributed by atoms with Crippen molar-refractivity contribution in [2.24, 2.45) is 0 Å². The van der Waals surface area contributed by atoms with E-state index < -0.39 is 22.0 Å². The third-order valence-corrected chi connectivity index (χ3v) is 4.75. The number of carbonyl (C=O) groups excluding carboxylic acids is 1. The molecule has 0 saturated carbocycles. The van der Waals surface area contributed by atoms with Crippen molar-refractivity contribution in [3.8, 4) is 0 Å². The molecule has 0 aromatic rings. The molecular weight excluding hydrogens is 353 g/mol. The minimum absolute atomic E-state index is 0. The van der Waals surface area contributed by atoms with E-state index in [1.165, 1.54) is 51.4 Å². The van der Waals surface area contributed by atoms with Crippen molar-refractivity contribution in [1.29, 1.82) is 0 Å². The van der Waals surface area contributed by atoms with Gasteiger partial charge in [-0.2, -0.15) is 8.42 Å². The molecule has 0 saturated heterocycles. The molecule has 146 valence electrons. The summed E-state index contributed by atoms with van der Waals surface area (Å²) in [5, 5.41) is 11.8. The molecule has 8 heteroatoms. The van der Waals surface area contributed by atoms with Gasteiger partial charge in [-0.25, -0.2) is 0 Å². The number of hydrogen-bond donors (Lipinski definition) is 3. The summed E-state index contributed by atoms with van der Waals surface area (Å²) in [6, 6.07) is 0. The van der Waals surface area contributed by atoms with Crippen LogP contribution in [0.2, 0.25) is 0 Å². The number of unbranched alkanes of at least 4 members (excludes halogenated alkanes) is 10. The van der Waals surface area contributed by atoms with Gasteiger partial charge in [0.2, 0.25) is 5.91 Å². The van der Waals surface area contributed by atoms with Crippen molar-refractivity contribution < 1.29 is 22.9 Å². The van der Waals surface area contributed by atoms with Crippen molar-refractivity contribution in [3.05, 3.63) is 0 Å². The Labute approximate surface area is 175 Å². The van der Waals surface area contributed by atoms with Gasteiger partial charge in [-0.1, -0.05) is 71.1 Å². The Morgan fingerprint density at radius 1 is 0.920 bits per heavy atom. The fourth-order valence-corrected chi connectivity index (χ4v) is 3.18. The molecule has 1 unspecified atom stereocenters. The molecule has 0 aliphatic carbocycles. The molecule has 0 fully saturated rings. The number of rotatable bonds is 16. The van der Waals surface area contributed by atoms with Crippen molar-refractivity contribution in [1.82, 2.24) is 5.32 Å². The van der Waals surface area contributed by atoms with Crippen LogP contribution < -0.4 is 5.32 Å². The summed E-state index contributed by atoms with van der Waals surface area (Å²) < 4.78 is 29.7. The van der Waals surface area contributed by atoms with Crippen LogP contribution in [0.4, 0.5) is 0 Å². The van der Waals surface area contributed by atoms with Gasteiger partial charge in [0.05, 0.1) is 6.10 Å². The fraction of sp³-hybridized carbons (Fsp3) is 0.941. The topological polar surface area (TPSA) is 104 Å². The summed E-state index contributed by atoms with van der Waals surface area (Å²) in [6.45, 7) is 2.07. The van der Waals surface area contributed by atoms with Gasteiger partial charge < -0.3 is 10.4 Å².